The Bertz CT molecular complexity index is 611. The number of furan rings is 1. The summed E-state index contributed by atoms with van der Waals surface area (Å²) in [5.41, 5.74) is 1.31. The molecule has 5 nitrogen and oxygen atoms in total. The van der Waals surface area contributed by atoms with E-state index in [1.54, 1.807) is 6.26 Å². The van der Waals surface area contributed by atoms with Crippen molar-refractivity contribution in [2.75, 3.05) is 32.8 Å². The maximum Gasteiger partial charge on any atom is 0.117 e. The van der Waals surface area contributed by atoms with Crippen molar-refractivity contribution in [3.05, 3.63) is 54.2 Å². The highest BCUT2D eigenvalue weighted by Gasteiger charge is 2.38. The average molecular weight is 327 g/mol. The van der Waals surface area contributed by atoms with E-state index in [0.717, 1.165) is 51.6 Å². The van der Waals surface area contributed by atoms with Crippen molar-refractivity contribution in [1.29, 1.82) is 0 Å². The second-order valence-electron chi connectivity index (χ2n) is 6.69. The predicted octanol–water partition coefficient (Wildman–Crippen LogP) is 2.19. The molecule has 0 bridgehead atoms. The first-order valence-corrected chi connectivity index (χ1v) is 8.87. The molecule has 128 valence electrons. The minimum Gasteiger partial charge on any atom is -0.468 e. The van der Waals surface area contributed by atoms with Crippen LogP contribution < -0.4 is 0 Å². The van der Waals surface area contributed by atoms with E-state index in [1.807, 2.05) is 24.5 Å². The van der Waals surface area contributed by atoms with Crippen LogP contribution in [0.25, 0.3) is 0 Å². The number of nitrogens with zero attached hydrogens (tertiary/aromatic N) is 3. The average Bonchev–Trinajstić information content (AvgIpc) is 3.28. The molecule has 4 heterocycles. The Labute approximate surface area is 143 Å². The van der Waals surface area contributed by atoms with E-state index in [0.29, 0.717) is 12.1 Å². The highest BCUT2D eigenvalue weighted by Crippen LogP contribution is 2.28. The minimum atomic E-state index is 0.498. The lowest BCUT2D eigenvalue weighted by Crippen LogP contribution is -2.50. The zero-order valence-corrected chi connectivity index (χ0v) is 14.0. The van der Waals surface area contributed by atoms with Gasteiger partial charge in [0.1, 0.15) is 5.76 Å². The first kappa shape index (κ1) is 15.8. The van der Waals surface area contributed by atoms with Gasteiger partial charge in [0.25, 0.3) is 0 Å². The fourth-order valence-electron chi connectivity index (χ4n) is 4.06. The third-order valence-corrected chi connectivity index (χ3v) is 5.25. The van der Waals surface area contributed by atoms with Gasteiger partial charge in [-0.2, -0.15) is 0 Å². The number of aromatic nitrogens is 1. The van der Waals surface area contributed by atoms with Crippen molar-refractivity contribution in [1.82, 2.24) is 14.8 Å². The van der Waals surface area contributed by atoms with Gasteiger partial charge in [-0.3, -0.25) is 14.8 Å². The highest BCUT2D eigenvalue weighted by molar-refractivity contribution is 5.13. The van der Waals surface area contributed by atoms with Crippen molar-refractivity contribution < 1.29 is 9.15 Å². The highest BCUT2D eigenvalue weighted by atomic mass is 16.5. The van der Waals surface area contributed by atoms with Gasteiger partial charge in [0.05, 0.1) is 26.0 Å². The molecule has 24 heavy (non-hydrogen) atoms. The summed E-state index contributed by atoms with van der Waals surface area (Å²) in [4.78, 5) is 9.49. The van der Waals surface area contributed by atoms with Gasteiger partial charge in [0.2, 0.25) is 0 Å². The number of likely N-dealkylation sites (tertiary alicyclic amines) is 1. The first-order valence-electron chi connectivity index (χ1n) is 8.87. The molecular weight excluding hydrogens is 302 g/mol. The molecule has 0 amide bonds. The maximum absolute atomic E-state index is 5.59. The summed E-state index contributed by atoms with van der Waals surface area (Å²) in [5.74, 6) is 1.05. The molecule has 2 aromatic heterocycles. The SMILES string of the molecule is c1cncc(C[C@H]2[C@H](N3CCOCC3)CCN2Cc2ccco2)c1. The van der Waals surface area contributed by atoms with Crippen molar-refractivity contribution in [3.8, 4) is 0 Å². The van der Waals surface area contributed by atoms with Crippen molar-refractivity contribution in [3.63, 3.8) is 0 Å². The Hall–Kier alpha value is -1.69. The lowest BCUT2D eigenvalue weighted by atomic mass is 9.99. The number of rotatable bonds is 5. The van der Waals surface area contributed by atoms with Gasteiger partial charge in [-0.15, -0.1) is 0 Å². The second kappa shape index (κ2) is 7.47. The van der Waals surface area contributed by atoms with Gasteiger partial charge in [-0.25, -0.2) is 0 Å². The molecule has 2 saturated heterocycles. The van der Waals surface area contributed by atoms with Crippen LogP contribution in [0.5, 0.6) is 0 Å². The van der Waals surface area contributed by atoms with Crippen LogP contribution in [0.15, 0.2) is 47.3 Å². The molecule has 0 aromatic carbocycles. The van der Waals surface area contributed by atoms with E-state index in [1.165, 1.54) is 12.0 Å². The number of hydrogen-bond acceptors (Lipinski definition) is 5. The lowest BCUT2D eigenvalue weighted by molar-refractivity contribution is 0.00755. The standard InChI is InChI=1S/C19H25N3O2/c1-3-16(14-20-6-1)13-19-18(21-8-11-23-12-9-21)5-7-22(19)15-17-4-2-10-24-17/h1-4,6,10,14,18-19H,5,7-9,11-13,15H2/t18-,19+/m1/s1. The summed E-state index contributed by atoms with van der Waals surface area (Å²) in [6.07, 6.45) is 7.86. The topological polar surface area (TPSA) is 41.7 Å². The zero-order chi connectivity index (χ0) is 16.2. The van der Waals surface area contributed by atoms with Gasteiger partial charge in [-0.05, 0) is 36.6 Å². The molecule has 5 heteroatoms. The normalized spacial score (nSPS) is 26.0. The number of hydrogen-bond donors (Lipinski definition) is 0. The molecular formula is C19H25N3O2. The molecule has 0 radical (unpaired) electrons. The molecule has 0 saturated carbocycles. The van der Waals surface area contributed by atoms with E-state index in [4.69, 9.17) is 9.15 Å². The Kier molecular flexibility index (Phi) is 4.92. The van der Waals surface area contributed by atoms with Crippen LogP contribution >= 0.6 is 0 Å². The zero-order valence-electron chi connectivity index (χ0n) is 14.0. The Morgan fingerprint density at radius 2 is 2.04 bits per heavy atom. The molecule has 0 unspecified atom stereocenters. The molecule has 0 N–H and O–H groups in total. The third-order valence-electron chi connectivity index (χ3n) is 5.25. The fourth-order valence-corrected chi connectivity index (χ4v) is 4.06. The Morgan fingerprint density at radius 3 is 2.79 bits per heavy atom. The lowest BCUT2D eigenvalue weighted by Gasteiger charge is -2.37. The summed E-state index contributed by atoms with van der Waals surface area (Å²) >= 11 is 0. The van der Waals surface area contributed by atoms with Crippen LogP contribution in [-0.2, 0) is 17.7 Å². The molecule has 2 fully saturated rings. The van der Waals surface area contributed by atoms with Crippen molar-refractivity contribution in [2.24, 2.45) is 0 Å². The number of morpholine rings is 1. The smallest absolute Gasteiger partial charge is 0.117 e. The molecule has 4 rings (SSSR count). The largest absolute Gasteiger partial charge is 0.468 e. The minimum absolute atomic E-state index is 0.498. The van der Waals surface area contributed by atoms with Crippen LogP contribution in [-0.4, -0.2) is 59.7 Å². The number of ether oxygens (including phenoxy) is 1. The summed E-state index contributed by atoms with van der Waals surface area (Å²) in [6, 6.07) is 9.35. The molecule has 0 aliphatic carbocycles. The molecule has 2 aliphatic rings. The van der Waals surface area contributed by atoms with Crippen molar-refractivity contribution in [2.45, 2.75) is 31.5 Å². The van der Waals surface area contributed by atoms with Gasteiger partial charge < -0.3 is 9.15 Å². The number of pyridine rings is 1. The quantitative estimate of drug-likeness (QED) is 0.842. The van der Waals surface area contributed by atoms with Crippen LogP contribution in [0, 0.1) is 0 Å². The molecule has 2 aliphatic heterocycles. The maximum atomic E-state index is 5.59. The van der Waals surface area contributed by atoms with Crippen LogP contribution in [0.1, 0.15) is 17.7 Å². The predicted molar refractivity (Wildman–Crippen MR) is 91.6 cm³/mol. The molecule has 0 spiro atoms. The summed E-state index contributed by atoms with van der Waals surface area (Å²) in [5, 5.41) is 0. The molecule has 2 aromatic rings. The summed E-state index contributed by atoms with van der Waals surface area (Å²) < 4.78 is 11.1. The van der Waals surface area contributed by atoms with E-state index in [9.17, 15) is 0 Å². The first-order chi connectivity index (χ1) is 11.9. The third kappa shape index (κ3) is 3.53. The molecule has 2 atom stereocenters. The van der Waals surface area contributed by atoms with Crippen molar-refractivity contribution >= 4 is 0 Å². The van der Waals surface area contributed by atoms with Crippen LogP contribution in [0.4, 0.5) is 0 Å². The fraction of sp³-hybridized carbons (Fsp3) is 0.526. The van der Waals surface area contributed by atoms with Gasteiger partial charge in [0.15, 0.2) is 0 Å². The van der Waals surface area contributed by atoms with Gasteiger partial charge in [-0.1, -0.05) is 6.07 Å². The van der Waals surface area contributed by atoms with Crippen LogP contribution in [0.2, 0.25) is 0 Å². The van der Waals surface area contributed by atoms with E-state index in [2.05, 4.69) is 26.9 Å². The van der Waals surface area contributed by atoms with E-state index < -0.39 is 0 Å². The van der Waals surface area contributed by atoms with E-state index in [-0.39, 0.29) is 0 Å². The summed E-state index contributed by atoms with van der Waals surface area (Å²) in [7, 11) is 0. The summed E-state index contributed by atoms with van der Waals surface area (Å²) in [6.45, 7) is 5.81. The van der Waals surface area contributed by atoms with Gasteiger partial charge >= 0.3 is 0 Å². The van der Waals surface area contributed by atoms with Gasteiger partial charge in [0, 0.05) is 44.1 Å². The Balaban J connectivity index is 1.52. The monoisotopic (exact) mass is 327 g/mol. The second-order valence-corrected chi connectivity index (χ2v) is 6.69. The van der Waals surface area contributed by atoms with E-state index >= 15 is 0 Å². The Morgan fingerprint density at radius 1 is 1.12 bits per heavy atom. The van der Waals surface area contributed by atoms with Crippen LogP contribution in [0.3, 0.4) is 0 Å².